The summed E-state index contributed by atoms with van der Waals surface area (Å²) in [6.45, 7) is 6.91. The molecular weight excluding hydrogens is 641 g/mol. The van der Waals surface area contributed by atoms with Gasteiger partial charge in [-0.2, -0.15) is 39.5 Å². The highest BCUT2D eigenvalue weighted by molar-refractivity contribution is 5.73. The monoisotopic (exact) mass is 669 g/mol. The number of hydrogen-bond acceptors (Lipinski definition) is 8. The number of furan rings is 1. The highest BCUT2D eigenvalue weighted by atomic mass is 19.4. The fourth-order valence-electron chi connectivity index (χ4n) is 3.84. The Hall–Kier alpha value is -3.91. The minimum absolute atomic E-state index is 0.340. The molecule has 254 valence electrons. The van der Waals surface area contributed by atoms with Crippen LogP contribution in [0.3, 0.4) is 0 Å². The first kappa shape index (κ1) is 39.1. The second kappa shape index (κ2) is 17.5. The summed E-state index contributed by atoms with van der Waals surface area (Å²) in [5, 5.41) is 21.4. The molecule has 2 aliphatic heterocycles. The quantitative estimate of drug-likeness (QED) is 0.400. The molecule has 0 amide bonds. The van der Waals surface area contributed by atoms with E-state index in [0.29, 0.717) is 12.0 Å². The summed E-state index contributed by atoms with van der Waals surface area (Å²) in [5.74, 6) is -6.61. The van der Waals surface area contributed by atoms with Crippen LogP contribution in [-0.4, -0.2) is 105 Å². The number of nitrogens with zero attached hydrogens (tertiary/aromatic N) is 3. The minimum atomic E-state index is -5.08. The highest BCUT2D eigenvalue weighted by Gasteiger charge is 2.39. The van der Waals surface area contributed by atoms with Crippen LogP contribution >= 0.6 is 0 Å². The molecule has 0 unspecified atom stereocenters. The fraction of sp³-hybridized carbons (Fsp3) is 0.520. The molecule has 0 bridgehead atoms. The maximum absolute atomic E-state index is 10.6. The van der Waals surface area contributed by atoms with Gasteiger partial charge in [0.2, 0.25) is 0 Å². The number of alkyl halides is 9. The van der Waals surface area contributed by atoms with Gasteiger partial charge < -0.3 is 24.5 Å². The number of likely N-dealkylation sites (tertiary alicyclic amines) is 1. The molecule has 2 aromatic heterocycles. The third-order valence-corrected chi connectivity index (χ3v) is 5.83. The van der Waals surface area contributed by atoms with E-state index in [1.807, 2.05) is 24.5 Å². The van der Waals surface area contributed by atoms with E-state index in [1.54, 1.807) is 6.26 Å². The maximum atomic E-state index is 10.6. The fourth-order valence-corrected chi connectivity index (χ4v) is 3.84. The predicted molar refractivity (Wildman–Crippen MR) is 132 cm³/mol. The molecule has 0 aliphatic carbocycles. The molecule has 4 heterocycles. The molecule has 4 rings (SSSR count). The number of carboxylic acid groups (broad SMARTS) is 3. The highest BCUT2D eigenvalue weighted by Crippen LogP contribution is 2.26. The summed E-state index contributed by atoms with van der Waals surface area (Å²) in [4.78, 5) is 35.9. The van der Waals surface area contributed by atoms with Crippen molar-refractivity contribution in [3.05, 3.63) is 54.2 Å². The average molecular weight is 669 g/mol. The van der Waals surface area contributed by atoms with Gasteiger partial charge in [0.05, 0.1) is 25.5 Å². The standard InChI is InChI=1S/C19H25N3O2.3C2HF3O2/c1-3-16(11-20-6-1)12-22-8-10-24-19-15-21(7-5-17(19)13-22)14-18-4-2-9-23-18;3*3-2(4,5)1(6)7/h1-4,6,9,11,17,19H,5,7-8,10,12-15H2;3*(H,6,7)/t17-,19-;;;/m1.../s1. The third kappa shape index (κ3) is 16.1. The van der Waals surface area contributed by atoms with Gasteiger partial charge in [0.25, 0.3) is 0 Å². The Balaban J connectivity index is 0.000000396. The van der Waals surface area contributed by atoms with E-state index in [9.17, 15) is 39.5 Å². The van der Waals surface area contributed by atoms with Gasteiger partial charge in [-0.25, -0.2) is 14.4 Å². The van der Waals surface area contributed by atoms with E-state index in [4.69, 9.17) is 38.9 Å². The summed E-state index contributed by atoms with van der Waals surface area (Å²) in [7, 11) is 0. The number of carboxylic acids is 3. The van der Waals surface area contributed by atoms with E-state index >= 15 is 0 Å². The third-order valence-electron chi connectivity index (χ3n) is 5.83. The summed E-state index contributed by atoms with van der Waals surface area (Å²) in [6, 6.07) is 8.18. The van der Waals surface area contributed by atoms with Crippen LogP contribution in [0.25, 0.3) is 0 Å². The lowest BCUT2D eigenvalue weighted by molar-refractivity contribution is -0.193. The Labute approximate surface area is 248 Å². The molecule has 2 atom stereocenters. The van der Waals surface area contributed by atoms with Crippen LogP contribution in [0, 0.1) is 5.92 Å². The van der Waals surface area contributed by atoms with Crippen LogP contribution in [0.1, 0.15) is 17.7 Å². The number of rotatable bonds is 4. The number of carbonyl (C=O) groups is 3. The lowest BCUT2D eigenvalue weighted by Gasteiger charge is -2.37. The molecule has 2 aliphatic rings. The SMILES string of the molecule is O=C(O)C(F)(F)F.O=C(O)C(F)(F)F.O=C(O)C(F)(F)F.c1cncc(CN2CCO[C@@H]3CN(Cc4ccco4)CC[C@@H]3C2)c1. The molecule has 2 fully saturated rings. The first-order chi connectivity index (χ1) is 20.7. The number of halogens is 9. The van der Waals surface area contributed by atoms with Crippen LogP contribution < -0.4 is 0 Å². The number of hydrogen-bond donors (Lipinski definition) is 3. The molecule has 20 heteroatoms. The van der Waals surface area contributed by atoms with E-state index in [-0.39, 0.29) is 0 Å². The number of fused-ring (bicyclic) bond motifs is 1. The summed E-state index contributed by atoms with van der Waals surface area (Å²) in [5.41, 5.74) is 1.28. The van der Waals surface area contributed by atoms with Gasteiger partial charge in [-0.3, -0.25) is 14.8 Å². The van der Waals surface area contributed by atoms with Crippen LogP contribution in [0.2, 0.25) is 0 Å². The zero-order valence-electron chi connectivity index (χ0n) is 23.0. The van der Waals surface area contributed by atoms with Gasteiger partial charge >= 0.3 is 36.4 Å². The van der Waals surface area contributed by atoms with Crippen molar-refractivity contribution in [1.82, 2.24) is 14.8 Å². The van der Waals surface area contributed by atoms with Crippen LogP contribution in [0.4, 0.5) is 39.5 Å². The van der Waals surface area contributed by atoms with Gasteiger partial charge in [0, 0.05) is 44.5 Å². The predicted octanol–water partition coefficient (Wildman–Crippen LogP) is 4.30. The first-order valence-corrected chi connectivity index (χ1v) is 12.6. The van der Waals surface area contributed by atoms with Crippen molar-refractivity contribution in [2.45, 2.75) is 44.1 Å². The smallest absolute Gasteiger partial charge is 0.475 e. The molecule has 2 aromatic rings. The second-order valence-corrected chi connectivity index (χ2v) is 9.28. The topological polar surface area (TPSA) is 154 Å². The molecule has 0 spiro atoms. The number of piperidine rings is 1. The van der Waals surface area contributed by atoms with Gasteiger partial charge in [-0.05, 0) is 36.7 Å². The van der Waals surface area contributed by atoms with Crippen LogP contribution in [-0.2, 0) is 32.2 Å². The van der Waals surface area contributed by atoms with Gasteiger partial charge in [0.1, 0.15) is 5.76 Å². The van der Waals surface area contributed by atoms with Crippen molar-refractivity contribution in [2.24, 2.45) is 5.92 Å². The normalized spacial score (nSPS) is 19.1. The van der Waals surface area contributed by atoms with E-state index in [2.05, 4.69) is 26.9 Å². The second-order valence-electron chi connectivity index (χ2n) is 9.28. The molecule has 0 saturated carbocycles. The zero-order chi connectivity index (χ0) is 34.4. The van der Waals surface area contributed by atoms with Crippen molar-refractivity contribution < 1.29 is 78.4 Å². The minimum Gasteiger partial charge on any atom is -0.475 e. The summed E-state index contributed by atoms with van der Waals surface area (Å²) < 4.78 is 107. The zero-order valence-corrected chi connectivity index (χ0v) is 23.0. The Morgan fingerprint density at radius 3 is 1.78 bits per heavy atom. The van der Waals surface area contributed by atoms with Crippen molar-refractivity contribution in [3.8, 4) is 0 Å². The summed E-state index contributed by atoms with van der Waals surface area (Å²) >= 11 is 0. The molecule has 2 saturated heterocycles. The Bertz CT molecular complexity index is 1120. The van der Waals surface area contributed by atoms with Gasteiger partial charge in [0.15, 0.2) is 0 Å². The van der Waals surface area contributed by atoms with Gasteiger partial charge in [-0.15, -0.1) is 0 Å². The van der Waals surface area contributed by atoms with E-state index in [1.165, 1.54) is 12.0 Å². The van der Waals surface area contributed by atoms with Gasteiger partial charge in [-0.1, -0.05) is 6.07 Å². The molecule has 0 aromatic carbocycles. The van der Waals surface area contributed by atoms with Crippen molar-refractivity contribution >= 4 is 17.9 Å². The molecule has 45 heavy (non-hydrogen) atoms. The van der Waals surface area contributed by atoms with Crippen molar-refractivity contribution in [3.63, 3.8) is 0 Å². The van der Waals surface area contributed by atoms with Crippen LogP contribution in [0.15, 0.2) is 47.3 Å². The van der Waals surface area contributed by atoms with E-state index in [0.717, 1.165) is 51.6 Å². The van der Waals surface area contributed by atoms with Crippen LogP contribution in [0.5, 0.6) is 0 Å². The molecule has 0 radical (unpaired) electrons. The molecule has 3 N–H and O–H groups in total. The molecule has 11 nitrogen and oxygen atoms in total. The van der Waals surface area contributed by atoms with Crippen molar-refractivity contribution in [1.29, 1.82) is 0 Å². The number of ether oxygens (including phenoxy) is 1. The van der Waals surface area contributed by atoms with Crippen molar-refractivity contribution in [2.75, 3.05) is 32.8 Å². The first-order valence-electron chi connectivity index (χ1n) is 12.6. The Kier molecular flexibility index (Phi) is 15.2. The summed E-state index contributed by atoms with van der Waals surface area (Å²) in [6.07, 6.45) is -8.17. The number of pyridine rings is 1. The number of aliphatic carboxylic acids is 3. The largest absolute Gasteiger partial charge is 0.490 e. The maximum Gasteiger partial charge on any atom is 0.490 e. The lowest BCUT2D eigenvalue weighted by atomic mass is 9.93. The van der Waals surface area contributed by atoms with E-state index < -0.39 is 36.4 Å². The Morgan fingerprint density at radius 1 is 0.800 bits per heavy atom. The lowest BCUT2D eigenvalue weighted by Crippen LogP contribution is -2.46. The number of aromatic nitrogens is 1. The molecular formula is C25H28F9N3O8. The Morgan fingerprint density at radius 2 is 1.33 bits per heavy atom. The average Bonchev–Trinajstić information content (AvgIpc) is 3.35.